The number of benzene rings is 1. The molecule has 1 fully saturated rings. The van der Waals surface area contributed by atoms with E-state index in [0.717, 1.165) is 23.5 Å². The molecule has 1 N–H and O–H groups in total. The molecule has 0 amide bonds. The number of aliphatic carboxylic acids is 1. The molecular weight excluding hydrogens is 288 g/mol. The van der Waals surface area contributed by atoms with Gasteiger partial charge < -0.3 is 14.6 Å². The fraction of sp³-hybridized carbons (Fsp3) is 0.562. The topological polar surface area (TPSA) is 55.8 Å². The van der Waals surface area contributed by atoms with Crippen LogP contribution in [0.3, 0.4) is 0 Å². The van der Waals surface area contributed by atoms with E-state index in [1.165, 1.54) is 12.2 Å². The first-order valence-electron chi connectivity index (χ1n) is 7.25. The third-order valence-corrected chi connectivity index (χ3v) is 4.81. The van der Waals surface area contributed by atoms with Crippen LogP contribution in [0.15, 0.2) is 18.2 Å². The van der Waals surface area contributed by atoms with Gasteiger partial charge in [0.1, 0.15) is 6.10 Å². The summed E-state index contributed by atoms with van der Waals surface area (Å²) < 4.78 is 11.5. The third kappa shape index (κ3) is 4.30. The van der Waals surface area contributed by atoms with Crippen molar-refractivity contribution in [3.05, 3.63) is 23.8 Å². The number of carboxylic acid groups (broad SMARTS) is 1. The van der Waals surface area contributed by atoms with Crippen molar-refractivity contribution in [1.29, 1.82) is 0 Å². The molecule has 1 aromatic carbocycles. The molecule has 0 aromatic heterocycles. The van der Waals surface area contributed by atoms with Crippen LogP contribution in [-0.2, 0) is 11.2 Å². The second kappa shape index (κ2) is 7.59. The van der Waals surface area contributed by atoms with Gasteiger partial charge in [0.25, 0.3) is 0 Å². The maximum absolute atomic E-state index is 11.0. The average molecular weight is 310 g/mol. The fourth-order valence-electron chi connectivity index (χ4n) is 2.45. The van der Waals surface area contributed by atoms with E-state index in [1.807, 2.05) is 30.0 Å². The Morgan fingerprint density at radius 3 is 2.95 bits per heavy atom. The summed E-state index contributed by atoms with van der Waals surface area (Å²) >= 11 is 1.91. The number of ether oxygens (including phenoxy) is 2. The normalized spacial score (nSPS) is 19.8. The summed E-state index contributed by atoms with van der Waals surface area (Å²) in [6.07, 6.45) is 2.89. The maximum atomic E-state index is 11.0. The first-order chi connectivity index (χ1) is 10.1. The van der Waals surface area contributed by atoms with Crippen LogP contribution in [0.2, 0.25) is 0 Å². The lowest BCUT2D eigenvalue weighted by atomic mass is 10.00. The summed E-state index contributed by atoms with van der Waals surface area (Å²) in [5, 5.41) is 9.06. The lowest BCUT2D eigenvalue weighted by molar-refractivity contribution is -0.141. The second-order valence-corrected chi connectivity index (χ2v) is 6.50. The lowest BCUT2D eigenvalue weighted by Crippen LogP contribution is -2.23. The third-order valence-electron chi connectivity index (χ3n) is 3.62. The predicted molar refractivity (Wildman–Crippen MR) is 84.5 cm³/mol. The molecule has 0 spiro atoms. The Hall–Kier alpha value is -1.36. The molecule has 1 saturated heterocycles. The monoisotopic (exact) mass is 310 g/mol. The first kappa shape index (κ1) is 16.0. The van der Waals surface area contributed by atoms with Gasteiger partial charge in [-0.15, -0.1) is 0 Å². The first-order valence-corrected chi connectivity index (χ1v) is 8.40. The van der Waals surface area contributed by atoms with Crippen molar-refractivity contribution in [2.24, 2.45) is 5.92 Å². The minimum Gasteiger partial charge on any atom is -0.493 e. The predicted octanol–water partition coefficient (Wildman–Crippen LogP) is 3.23. The van der Waals surface area contributed by atoms with Crippen molar-refractivity contribution < 1.29 is 19.4 Å². The molecule has 21 heavy (non-hydrogen) atoms. The van der Waals surface area contributed by atoms with E-state index in [-0.39, 0.29) is 6.10 Å². The van der Waals surface area contributed by atoms with Crippen molar-refractivity contribution in [3.8, 4) is 11.5 Å². The zero-order chi connectivity index (χ0) is 15.2. The quantitative estimate of drug-likeness (QED) is 0.874. The van der Waals surface area contributed by atoms with Gasteiger partial charge in [-0.2, -0.15) is 11.8 Å². The Labute approximate surface area is 129 Å². The molecule has 5 heteroatoms. The number of hydrogen-bond donors (Lipinski definition) is 1. The molecule has 1 aliphatic rings. The zero-order valence-corrected chi connectivity index (χ0v) is 13.3. The minimum absolute atomic E-state index is 0.213. The number of rotatable bonds is 6. The van der Waals surface area contributed by atoms with Crippen LogP contribution >= 0.6 is 11.8 Å². The molecule has 2 atom stereocenters. The molecule has 4 nitrogen and oxygen atoms in total. The van der Waals surface area contributed by atoms with Crippen LogP contribution in [0.5, 0.6) is 11.5 Å². The number of methoxy groups -OCH3 is 1. The van der Waals surface area contributed by atoms with Gasteiger partial charge in [0.05, 0.1) is 13.0 Å². The van der Waals surface area contributed by atoms with Crippen LogP contribution in [-0.4, -0.2) is 35.8 Å². The van der Waals surface area contributed by atoms with Crippen LogP contribution in [0.25, 0.3) is 0 Å². The average Bonchev–Trinajstić information content (AvgIpc) is 2.48. The Bertz CT molecular complexity index is 483. The van der Waals surface area contributed by atoms with Crippen molar-refractivity contribution >= 4 is 17.7 Å². The van der Waals surface area contributed by atoms with Crippen LogP contribution in [0.4, 0.5) is 0 Å². The largest absolute Gasteiger partial charge is 0.493 e. The number of para-hydroxylation sites is 1. The van der Waals surface area contributed by atoms with E-state index in [9.17, 15) is 4.79 Å². The summed E-state index contributed by atoms with van der Waals surface area (Å²) in [7, 11) is 1.60. The van der Waals surface area contributed by atoms with Crippen molar-refractivity contribution in [2.45, 2.75) is 32.3 Å². The molecule has 0 bridgehead atoms. The van der Waals surface area contributed by atoms with Gasteiger partial charge in [0, 0.05) is 5.75 Å². The van der Waals surface area contributed by atoms with Gasteiger partial charge in [-0.05, 0) is 36.6 Å². The van der Waals surface area contributed by atoms with Gasteiger partial charge in [-0.1, -0.05) is 19.1 Å². The molecule has 2 unspecified atom stereocenters. The highest BCUT2D eigenvalue weighted by Crippen LogP contribution is 2.34. The molecule has 116 valence electrons. The molecule has 0 aliphatic carbocycles. The molecular formula is C16H22O4S. The SMILES string of the molecule is COc1c(CC(C)C(=O)O)cccc1OC1CCCSC1. The maximum Gasteiger partial charge on any atom is 0.306 e. The molecule has 1 aliphatic heterocycles. The highest BCUT2D eigenvalue weighted by atomic mass is 32.2. The van der Waals surface area contributed by atoms with Gasteiger partial charge >= 0.3 is 5.97 Å². The lowest BCUT2D eigenvalue weighted by Gasteiger charge is -2.24. The van der Waals surface area contributed by atoms with Gasteiger partial charge in [0.2, 0.25) is 0 Å². The molecule has 0 saturated carbocycles. The number of thioether (sulfide) groups is 1. The summed E-state index contributed by atoms with van der Waals surface area (Å²) in [6, 6.07) is 5.70. The highest BCUT2D eigenvalue weighted by Gasteiger charge is 2.20. The van der Waals surface area contributed by atoms with E-state index in [0.29, 0.717) is 12.2 Å². The fourth-order valence-corrected chi connectivity index (χ4v) is 3.48. The minimum atomic E-state index is -0.799. The molecule has 0 radical (unpaired) electrons. The van der Waals surface area contributed by atoms with E-state index in [2.05, 4.69) is 0 Å². The van der Waals surface area contributed by atoms with E-state index in [1.54, 1.807) is 14.0 Å². The zero-order valence-electron chi connectivity index (χ0n) is 12.5. The van der Waals surface area contributed by atoms with Crippen molar-refractivity contribution in [3.63, 3.8) is 0 Å². The summed E-state index contributed by atoms with van der Waals surface area (Å²) in [6.45, 7) is 1.70. The second-order valence-electron chi connectivity index (χ2n) is 5.35. The Morgan fingerprint density at radius 1 is 1.52 bits per heavy atom. The molecule has 1 heterocycles. The molecule has 2 rings (SSSR count). The van der Waals surface area contributed by atoms with E-state index in [4.69, 9.17) is 14.6 Å². The molecule has 1 aromatic rings. The Balaban J connectivity index is 2.15. The van der Waals surface area contributed by atoms with Crippen LogP contribution in [0.1, 0.15) is 25.3 Å². The summed E-state index contributed by atoms with van der Waals surface area (Å²) in [5.41, 5.74) is 0.883. The van der Waals surface area contributed by atoms with Gasteiger partial charge in [-0.25, -0.2) is 0 Å². The number of hydrogen-bond acceptors (Lipinski definition) is 4. The van der Waals surface area contributed by atoms with Crippen LogP contribution in [0, 0.1) is 5.92 Å². The Kier molecular flexibility index (Phi) is 5.79. The van der Waals surface area contributed by atoms with Gasteiger partial charge in [-0.3, -0.25) is 4.79 Å². The Morgan fingerprint density at radius 2 is 2.33 bits per heavy atom. The van der Waals surface area contributed by atoms with E-state index < -0.39 is 11.9 Å². The van der Waals surface area contributed by atoms with E-state index >= 15 is 0 Å². The van der Waals surface area contributed by atoms with Crippen molar-refractivity contribution in [2.75, 3.05) is 18.6 Å². The van der Waals surface area contributed by atoms with Gasteiger partial charge in [0.15, 0.2) is 11.5 Å². The summed E-state index contributed by atoms with van der Waals surface area (Å²) in [4.78, 5) is 11.0. The highest BCUT2D eigenvalue weighted by molar-refractivity contribution is 7.99. The summed E-state index contributed by atoms with van der Waals surface area (Å²) in [5.74, 6) is 2.35. The number of carboxylic acids is 1. The van der Waals surface area contributed by atoms with Crippen molar-refractivity contribution in [1.82, 2.24) is 0 Å². The standard InChI is InChI=1S/C16H22O4S/c1-11(16(17)18)9-12-5-3-7-14(15(12)19-2)20-13-6-4-8-21-10-13/h3,5,7,11,13H,4,6,8-10H2,1-2H3,(H,17,18). The smallest absolute Gasteiger partial charge is 0.306 e. The van der Waals surface area contributed by atoms with Crippen LogP contribution < -0.4 is 9.47 Å². The number of carbonyl (C=O) groups is 1.